The number of hydrogen-bond donors (Lipinski definition) is 1. The van der Waals surface area contributed by atoms with Crippen LogP contribution in [-0.2, 0) is 9.47 Å². The Morgan fingerprint density at radius 1 is 1.53 bits per heavy atom. The van der Waals surface area contributed by atoms with Crippen molar-refractivity contribution in [3.63, 3.8) is 0 Å². The van der Waals surface area contributed by atoms with Gasteiger partial charge in [-0.3, -0.25) is 0 Å². The van der Waals surface area contributed by atoms with Crippen molar-refractivity contribution < 1.29 is 9.47 Å². The Bertz CT molecular complexity index is 307. The lowest BCUT2D eigenvalue weighted by molar-refractivity contribution is -0.101. The Balaban J connectivity index is 2.08. The van der Waals surface area contributed by atoms with E-state index in [0.29, 0.717) is 13.2 Å². The SMILES string of the molecule is CNC(c1csc(C)c1)C1COCCO1. The summed E-state index contributed by atoms with van der Waals surface area (Å²) in [6, 6.07) is 2.46. The first-order valence-electron chi connectivity index (χ1n) is 5.23. The van der Waals surface area contributed by atoms with Crippen LogP contribution >= 0.6 is 11.3 Å². The highest BCUT2D eigenvalue weighted by molar-refractivity contribution is 7.10. The molecule has 0 bridgehead atoms. The summed E-state index contributed by atoms with van der Waals surface area (Å²) in [4.78, 5) is 1.34. The van der Waals surface area contributed by atoms with E-state index in [-0.39, 0.29) is 12.1 Å². The molecule has 2 atom stereocenters. The monoisotopic (exact) mass is 227 g/mol. The second-order valence-corrected chi connectivity index (χ2v) is 4.86. The van der Waals surface area contributed by atoms with E-state index in [1.54, 1.807) is 11.3 Å². The number of nitrogens with one attached hydrogen (secondary N) is 1. The minimum absolute atomic E-state index is 0.137. The number of ether oxygens (including phenoxy) is 2. The lowest BCUT2D eigenvalue weighted by atomic mass is 10.0. The van der Waals surface area contributed by atoms with Crippen LogP contribution < -0.4 is 5.32 Å². The van der Waals surface area contributed by atoms with Crippen LogP contribution in [0.25, 0.3) is 0 Å². The molecule has 2 heterocycles. The summed E-state index contributed by atoms with van der Waals surface area (Å²) in [7, 11) is 1.97. The van der Waals surface area contributed by atoms with Crippen LogP contribution in [0, 0.1) is 6.92 Å². The van der Waals surface area contributed by atoms with Gasteiger partial charge in [-0.2, -0.15) is 0 Å². The molecule has 0 saturated carbocycles. The highest BCUT2D eigenvalue weighted by Gasteiger charge is 2.25. The van der Waals surface area contributed by atoms with Gasteiger partial charge in [-0.15, -0.1) is 11.3 Å². The number of hydrogen-bond acceptors (Lipinski definition) is 4. The van der Waals surface area contributed by atoms with E-state index >= 15 is 0 Å². The van der Waals surface area contributed by atoms with Crippen LogP contribution in [0.1, 0.15) is 16.5 Å². The second kappa shape index (κ2) is 5.07. The van der Waals surface area contributed by atoms with Crippen LogP contribution in [-0.4, -0.2) is 33.0 Å². The predicted octanol–water partition coefficient (Wildman–Crippen LogP) is 1.73. The molecule has 3 nitrogen and oxygen atoms in total. The van der Waals surface area contributed by atoms with Crippen molar-refractivity contribution in [1.82, 2.24) is 5.32 Å². The molecule has 0 aromatic carbocycles. The molecule has 1 aliphatic rings. The van der Waals surface area contributed by atoms with Crippen molar-refractivity contribution in [2.45, 2.75) is 19.1 Å². The van der Waals surface area contributed by atoms with Crippen molar-refractivity contribution in [2.24, 2.45) is 0 Å². The fraction of sp³-hybridized carbons (Fsp3) is 0.636. The van der Waals surface area contributed by atoms with Gasteiger partial charge in [0.1, 0.15) is 6.10 Å². The summed E-state index contributed by atoms with van der Waals surface area (Å²) in [6.07, 6.45) is 0.137. The maximum atomic E-state index is 5.71. The molecule has 0 spiro atoms. The first-order chi connectivity index (χ1) is 7.31. The summed E-state index contributed by atoms with van der Waals surface area (Å²) >= 11 is 1.78. The van der Waals surface area contributed by atoms with Crippen molar-refractivity contribution >= 4 is 11.3 Å². The molecule has 2 unspecified atom stereocenters. The minimum atomic E-state index is 0.137. The van der Waals surface area contributed by atoms with E-state index in [9.17, 15) is 0 Å². The number of likely N-dealkylation sites (N-methyl/N-ethyl adjacent to an activating group) is 1. The standard InChI is InChI=1S/C11H17NO2S/c1-8-5-9(7-15-8)11(12-2)10-6-13-3-4-14-10/h5,7,10-12H,3-4,6H2,1-2H3. The van der Waals surface area contributed by atoms with Crippen molar-refractivity contribution in [1.29, 1.82) is 0 Å². The molecule has 1 N–H and O–H groups in total. The van der Waals surface area contributed by atoms with Gasteiger partial charge in [0.15, 0.2) is 0 Å². The fourth-order valence-corrected chi connectivity index (χ4v) is 2.63. The molecule has 1 aliphatic heterocycles. The number of thiophene rings is 1. The largest absolute Gasteiger partial charge is 0.376 e. The highest BCUT2D eigenvalue weighted by Crippen LogP contribution is 2.25. The summed E-state index contributed by atoms with van der Waals surface area (Å²) in [5.74, 6) is 0. The van der Waals surface area contributed by atoms with Crippen LogP contribution in [0.3, 0.4) is 0 Å². The summed E-state index contributed by atoms with van der Waals surface area (Å²) in [5, 5.41) is 5.49. The lowest BCUT2D eigenvalue weighted by Crippen LogP contribution is -2.39. The van der Waals surface area contributed by atoms with Gasteiger partial charge in [0.05, 0.1) is 25.9 Å². The molecular formula is C11H17NO2S. The normalized spacial score (nSPS) is 24.0. The zero-order valence-corrected chi connectivity index (χ0v) is 9.97. The first kappa shape index (κ1) is 11.1. The molecule has 0 aliphatic carbocycles. The summed E-state index contributed by atoms with van der Waals surface area (Å²) in [5.41, 5.74) is 1.30. The first-order valence-corrected chi connectivity index (χ1v) is 6.11. The van der Waals surface area contributed by atoms with Gasteiger partial charge in [-0.05, 0) is 31.0 Å². The van der Waals surface area contributed by atoms with Crippen molar-refractivity contribution in [3.8, 4) is 0 Å². The highest BCUT2D eigenvalue weighted by atomic mass is 32.1. The van der Waals surface area contributed by atoms with Gasteiger partial charge in [0.25, 0.3) is 0 Å². The molecule has 1 saturated heterocycles. The zero-order valence-electron chi connectivity index (χ0n) is 9.16. The Morgan fingerprint density at radius 3 is 2.93 bits per heavy atom. The Kier molecular flexibility index (Phi) is 3.75. The molecule has 84 valence electrons. The average Bonchev–Trinajstić information content (AvgIpc) is 2.68. The smallest absolute Gasteiger partial charge is 0.100 e. The predicted molar refractivity (Wildman–Crippen MR) is 61.4 cm³/mol. The van der Waals surface area contributed by atoms with Crippen LogP contribution in [0.5, 0.6) is 0 Å². The minimum Gasteiger partial charge on any atom is -0.376 e. The van der Waals surface area contributed by atoms with Crippen LogP contribution in [0.15, 0.2) is 11.4 Å². The Labute approximate surface area is 94.4 Å². The Morgan fingerprint density at radius 2 is 2.40 bits per heavy atom. The third-order valence-corrected chi connectivity index (χ3v) is 3.51. The quantitative estimate of drug-likeness (QED) is 0.853. The zero-order chi connectivity index (χ0) is 10.7. The van der Waals surface area contributed by atoms with Gasteiger partial charge in [0, 0.05) is 4.88 Å². The van der Waals surface area contributed by atoms with Crippen molar-refractivity contribution in [3.05, 3.63) is 21.9 Å². The third-order valence-electron chi connectivity index (χ3n) is 2.63. The summed E-state index contributed by atoms with van der Waals surface area (Å²) in [6.45, 7) is 4.22. The van der Waals surface area contributed by atoms with E-state index in [1.807, 2.05) is 7.05 Å². The molecule has 15 heavy (non-hydrogen) atoms. The fourth-order valence-electron chi connectivity index (χ4n) is 1.89. The van der Waals surface area contributed by atoms with Gasteiger partial charge >= 0.3 is 0 Å². The van der Waals surface area contributed by atoms with Gasteiger partial charge in [-0.1, -0.05) is 0 Å². The number of aryl methyl sites for hydroxylation is 1. The van der Waals surface area contributed by atoms with Crippen LogP contribution in [0.4, 0.5) is 0 Å². The molecule has 0 amide bonds. The molecule has 1 fully saturated rings. The molecule has 0 radical (unpaired) electrons. The second-order valence-electron chi connectivity index (χ2n) is 3.74. The van der Waals surface area contributed by atoms with Crippen molar-refractivity contribution in [2.75, 3.05) is 26.9 Å². The summed E-state index contributed by atoms with van der Waals surface area (Å²) < 4.78 is 11.1. The Hall–Kier alpha value is -0.420. The van der Waals surface area contributed by atoms with Gasteiger partial charge < -0.3 is 14.8 Å². The van der Waals surface area contributed by atoms with E-state index < -0.39 is 0 Å². The molecule has 2 rings (SSSR count). The van der Waals surface area contributed by atoms with E-state index in [1.165, 1.54) is 10.4 Å². The third kappa shape index (κ3) is 2.58. The van der Waals surface area contributed by atoms with Crippen LogP contribution in [0.2, 0.25) is 0 Å². The van der Waals surface area contributed by atoms with E-state index in [0.717, 1.165) is 6.61 Å². The van der Waals surface area contributed by atoms with Gasteiger partial charge in [-0.25, -0.2) is 0 Å². The molecule has 1 aromatic heterocycles. The van der Waals surface area contributed by atoms with E-state index in [2.05, 4.69) is 23.7 Å². The maximum Gasteiger partial charge on any atom is 0.100 e. The lowest BCUT2D eigenvalue weighted by Gasteiger charge is -2.29. The van der Waals surface area contributed by atoms with Gasteiger partial charge in [0.2, 0.25) is 0 Å². The maximum absolute atomic E-state index is 5.71. The number of rotatable bonds is 3. The topological polar surface area (TPSA) is 30.5 Å². The molecule has 1 aromatic rings. The molecular weight excluding hydrogens is 210 g/mol. The van der Waals surface area contributed by atoms with E-state index in [4.69, 9.17) is 9.47 Å². The molecule has 4 heteroatoms. The average molecular weight is 227 g/mol.